The molecule has 1 fully saturated rings. The highest BCUT2D eigenvalue weighted by atomic mass is 16.7. The Hall–Kier alpha value is -2.97. The van der Waals surface area contributed by atoms with E-state index in [1.807, 2.05) is 23.1 Å². The van der Waals surface area contributed by atoms with Crippen molar-refractivity contribution in [2.45, 2.75) is 6.54 Å². The Bertz CT molecular complexity index is 928. The number of ether oxygens (including phenoxy) is 5. The van der Waals surface area contributed by atoms with Gasteiger partial charge in [0.05, 0.1) is 32.8 Å². The van der Waals surface area contributed by atoms with E-state index in [1.165, 1.54) is 4.90 Å². The molecule has 158 valence electrons. The molecule has 8 nitrogen and oxygen atoms in total. The van der Waals surface area contributed by atoms with E-state index in [4.69, 9.17) is 23.7 Å². The van der Waals surface area contributed by atoms with Gasteiger partial charge in [0.15, 0.2) is 23.0 Å². The first-order valence-corrected chi connectivity index (χ1v) is 10.3. The third kappa shape index (κ3) is 3.88. The molecule has 0 atom stereocenters. The molecule has 3 aliphatic heterocycles. The lowest BCUT2D eigenvalue weighted by Crippen LogP contribution is -3.14. The summed E-state index contributed by atoms with van der Waals surface area (Å²) < 4.78 is 27.4. The number of carbonyl (C=O) groups excluding carboxylic acids is 1. The van der Waals surface area contributed by atoms with E-state index in [0.29, 0.717) is 30.2 Å². The number of para-hydroxylation sites is 1. The van der Waals surface area contributed by atoms with Crippen LogP contribution in [0.2, 0.25) is 0 Å². The summed E-state index contributed by atoms with van der Waals surface area (Å²) in [4.78, 5) is 16.8. The molecule has 0 bridgehead atoms. The number of fused-ring (bicyclic) bond motifs is 2. The Morgan fingerprint density at radius 1 is 0.933 bits per heavy atom. The number of nitrogens with zero attached hydrogens (tertiary/aromatic N) is 1. The second kappa shape index (κ2) is 8.41. The normalized spacial score (nSPS) is 17.2. The van der Waals surface area contributed by atoms with Crippen LogP contribution in [-0.2, 0) is 11.3 Å². The summed E-state index contributed by atoms with van der Waals surface area (Å²) in [6.07, 6.45) is 0. The van der Waals surface area contributed by atoms with Crippen LogP contribution < -0.4 is 23.8 Å². The van der Waals surface area contributed by atoms with Crippen LogP contribution in [0.25, 0.3) is 0 Å². The number of hydrogen-bond acceptors (Lipinski definition) is 6. The zero-order chi connectivity index (χ0) is 20.3. The first-order chi connectivity index (χ1) is 14.8. The lowest BCUT2D eigenvalue weighted by Gasteiger charge is -2.28. The first kappa shape index (κ1) is 19.0. The summed E-state index contributed by atoms with van der Waals surface area (Å²) in [5, 5.41) is 0. The van der Waals surface area contributed by atoms with Crippen molar-refractivity contribution in [3.63, 3.8) is 0 Å². The van der Waals surface area contributed by atoms with Gasteiger partial charge >= 0.3 is 0 Å². The van der Waals surface area contributed by atoms with Crippen molar-refractivity contribution in [1.29, 1.82) is 0 Å². The van der Waals surface area contributed by atoms with Crippen LogP contribution in [0.5, 0.6) is 23.0 Å². The maximum Gasteiger partial charge on any atom is 0.254 e. The van der Waals surface area contributed by atoms with E-state index in [9.17, 15) is 4.79 Å². The van der Waals surface area contributed by atoms with Crippen LogP contribution in [-0.4, -0.2) is 63.8 Å². The Balaban J connectivity index is 1.37. The van der Waals surface area contributed by atoms with Crippen molar-refractivity contribution in [2.75, 3.05) is 53.0 Å². The molecule has 30 heavy (non-hydrogen) atoms. The summed E-state index contributed by atoms with van der Waals surface area (Å²) in [7, 11) is 0. The SMILES string of the molecule is O=C(c1ccc2c(c1)OCO2)N(CC[NH+]1CCOCC1)Cc1cccc2c1OCO2. The van der Waals surface area contributed by atoms with Crippen LogP contribution in [0.3, 0.4) is 0 Å². The van der Waals surface area contributed by atoms with Crippen molar-refractivity contribution in [2.24, 2.45) is 0 Å². The smallest absolute Gasteiger partial charge is 0.254 e. The van der Waals surface area contributed by atoms with Gasteiger partial charge in [-0.3, -0.25) is 4.79 Å². The van der Waals surface area contributed by atoms with Gasteiger partial charge < -0.3 is 33.5 Å². The quantitative estimate of drug-likeness (QED) is 0.752. The Kier molecular flexibility index (Phi) is 5.33. The molecule has 0 saturated carbocycles. The average molecular weight is 413 g/mol. The second-order valence-electron chi connectivity index (χ2n) is 7.56. The van der Waals surface area contributed by atoms with Gasteiger partial charge in [0.25, 0.3) is 5.91 Å². The van der Waals surface area contributed by atoms with Gasteiger partial charge in [-0.1, -0.05) is 12.1 Å². The van der Waals surface area contributed by atoms with Crippen LogP contribution in [0.1, 0.15) is 15.9 Å². The number of nitrogens with one attached hydrogen (secondary N) is 1. The van der Waals surface area contributed by atoms with Gasteiger partial charge in [0.2, 0.25) is 13.6 Å². The topological polar surface area (TPSA) is 70.9 Å². The largest absolute Gasteiger partial charge is 0.454 e. The summed E-state index contributed by atoms with van der Waals surface area (Å²) in [6.45, 7) is 5.80. The highest BCUT2D eigenvalue weighted by Crippen LogP contribution is 2.36. The fraction of sp³-hybridized carbons (Fsp3) is 0.409. The Morgan fingerprint density at radius 3 is 2.63 bits per heavy atom. The van der Waals surface area contributed by atoms with Crippen molar-refractivity contribution >= 4 is 5.91 Å². The maximum atomic E-state index is 13.4. The fourth-order valence-electron chi connectivity index (χ4n) is 3.99. The number of rotatable bonds is 6. The zero-order valence-corrected chi connectivity index (χ0v) is 16.7. The van der Waals surface area contributed by atoms with Crippen LogP contribution in [0.15, 0.2) is 36.4 Å². The third-order valence-corrected chi connectivity index (χ3v) is 5.68. The lowest BCUT2D eigenvalue weighted by atomic mass is 10.1. The molecular weight excluding hydrogens is 388 g/mol. The van der Waals surface area contributed by atoms with E-state index in [2.05, 4.69) is 0 Å². The predicted molar refractivity (Wildman–Crippen MR) is 106 cm³/mol. The van der Waals surface area contributed by atoms with Crippen molar-refractivity contribution < 1.29 is 33.4 Å². The van der Waals surface area contributed by atoms with E-state index >= 15 is 0 Å². The Morgan fingerprint density at radius 2 is 1.73 bits per heavy atom. The van der Waals surface area contributed by atoms with Gasteiger partial charge in [-0.2, -0.15) is 0 Å². The van der Waals surface area contributed by atoms with Gasteiger partial charge in [-0.05, 0) is 24.3 Å². The molecule has 3 heterocycles. The van der Waals surface area contributed by atoms with Crippen LogP contribution in [0, 0.1) is 0 Å². The molecule has 0 aliphatic carbocycles. The molecule has 1 saturated heterocycles. The summed E-state index contributed by atoms with van der Waals surface area (Å²) >= 11 is 0. The molecule has 0 unspecified atom stereocenters. The number of benzene rings is 2. The van der Waals surface area contributed by atoms with E-state index in [-0.39, 0.29) is 19.5 Å². The Labute approximate surface area is 174 Å². The summed E-state index contributed by atoms with van der Waals surface area (Å²) in [5.41, 5.74) is 1.53. The zero-order valence-electron chi connectivity index (χ0n) is 16.7. The minimum absolute atomic E-state index is 0.0440. The average Bonchev–Trinajstić information content (AvgIpc) is 3.46. The molecular formula is C22H25N2O6+. The standard InChI is InChI=1S/C22H24N2O6/c25-22(16-4-5-18-20(12-16)29-14-27-18)24(7-6-23-8-10-26-11-9-23)13-17-2-1-3-19-21(17)30-15-28-19/h1-5,12H,6-11,13-15H2/p+1. The third-order valence-electron chi connectivity index (χ3n) is 5.68. The van der Waals surface area contributed by atoms with Crippen molar-refractivity contribution in [3.05, 3.63) is 47.5 Å². The van der Waals surface area contributed by atoms with Gasteiger partial charge in [-0.25, -0.2) is 0 Å². The number of quaternary nitrogens is 1. The molecule has 0 aromatic heterocycles. The molecule has 1 amide bonds. The maximum absolute atomic E-state index is 13.4. The fourth-order valence-corrected chi connectivity index (χ4v) is 3.99. The monoisotopic (exact) mass is 413 g/mol. The molecule has 5 rings (SSSR count). The van der Waals surface area contributed by atoms with E-state index < -0.39 is 0 Å². The first-order valence-electron chi connectivity index (χ1n) is 10.3. The predicted octanol–water partition coefficient (Wildman–Crippen LogP) is 0.702. The highest BCUT2D eigenvalue weighted by molar-refractivity contribution is 5.95. The minimum Gasteiger partial charge on any atom is -0.454 e. The minimum atomic E-state index is -0.0440. The molecule has 0 spiro atoms. The van der Waals surface area contributed by atoms with Gasteiger partial charge in [0.1, 0.15) is 13.1 Å². The van der Waals surface area contributed by atoms with E-state index in [0.717, 1.165) is 49.9 Å². The van der Waals surface area contributed by atoms with E-state index in [1.54, 1.807) is 18.2 Å². The summed E-state index contributed by atoms with van der Waals surface area (Å²) in [5.74, 6) is 2.68. The second-order valence-corrected chi connectivity index (χ2v) is 7.56. The highest BCUT2D eigenvalue weighted by Gasteiger charge is 2.25. The molecule has 2 aromatic carbocycles. The van der Waals surface area contributed by atoms with Crippen LogP contribution in [0.4, 0.5) is 0 Å². The van der Waals surface area contributed by atoms with Crippen LogP contribution >= 0.6 is 0 Å². The molecule has 8 heteroatoms. The molecule has 1 N–H and O–H groups in total. The summed E-state index contributed by atoms with van der Waals surface area (Å²) in [6, 6.07) is 11.1. The number of carbonyl (C=O) groups is 1. The number of amides is 1. The molecule has 2 aromatic rings. The van der Waals surface area contributed by atoms with Gasteiger partial charge in [0, 0.05) is 11.1 Å². The molecule has 3 aliphatic rings. The number of hydrogen-bond donors (Lipinski definition) is 1. The molecule has 0 radical (unpaired) electrons. The van der Waals surface area contributed by atoms with Crippen molar-refractivity contribution in [3.8, 4) is 23.0 Å². The van der Waals surface area contributed by atoms with Crippen molar-refractivity contribution in [1.82, 2.24) is 4.90 Å². The lowest BCUT2D eigenvalue weighted by molar-refractivity contribution is -0.907. The van der Waals surface area contributed by atoms with Gasteiger partial charge in [-0.15, -0.1) is 0 Å². The number of morpholine rings is 1.